The summed E-state index contributed by atoms with van der Waals surface area (Å²) in [6.45, 7) is 14.8. The van der Waals surface area contributed by atoms with Gasteiger partial charge in [0.05, 0.1) is 26.2 Å². The molecule has 2 aromatic carbocycles. The van der Waals surface area contributed by atoms with E-state index in [1.54, 1.807) is 20.3 Å². The van der Waals surface area contributed by atoms with Crippen molar-refractivity contribution < 1.29 is 33.2 Å². The van der Waals surface area contributed by atoms with Crippen LogP contribution in [0.1, 0.15) is 21.5 Å². The van der Waals surface area contributed by atoms with Gasteiger partial charge in [-0.05, 0) is 26.0 Å². The average Bonchev–Trinajstić information content (AvgIpc) is 2.75. The fourth-order valence-electron chi connectivity index (χ4n) is 3.58. The summed E-state index contributed by atoms with van der Waals surface area (Å²) in [7, 11) is 3.29. The van der Waals surface area contributed by atoms with Crippen LogP contribution in [0.4, 0.5) is 0 Å². The first-order valence-electron chi connectivity index (χ1n) is 10.9. The zero-order valence-corrected chi connectivity index (χ0v) is 22.0. The molecule has 0 aromatic heterocycles. The van der Waals surface area contributed by atoms with Crippen molar-refractivity contribution in [1.29, 1.82) is 0 Å². The molecule has 2 rings (SSSR count). The van der Waals surface area contributed by atoms with E-state index in [1.165, 1.54) is 7.11 Å². The third-order valence-electron chi connectivity index (χ3n) is 5.27. The Kier molecular flexibility index (Phi) is 9.19. The van der Waals surface area contributed by atoms with Crippen LogP contribution in [0.5, 0.6) is 23.0 Å². The number of fused-ring (bicyclic) bond motifs is 1. The minimum absolute atomic E-state index is 0.0766. The predicted octanol–water partition coefficient (Wildman–Crippen LogP) is 5.52. The van der Waals surface area contributed by atoms with Crippen molar-refractivity contribution in [2.45, 2.75) is 39.5 Å². The van der Waals surface area contributed by atoms with E-state index in [-0.39, 0.29) is 13.4 Å². The normalized spacial score (nSPS) is 11.3. The molecule has 7 nitrogen and oxygen atoms in total. The van der Waals surface area contributed by atoms with E-state index in [1.807, 2.05) is 19.9 Å². The number of hydrogen-bond donors (Lipinski definition) is 0. The first-order valence-corrected chi connectivity index (χ1v) is 14.6. The number of carbonyl (C=O) groups is 1. The maximum Gasteiger partial charge on any atom is 0.342 e. The molecule has 0 spiro atoms. The number of methoxy groups -OCH3 is 3. The lowest BCUT2D eigenvalue weighted by Crippen LogP contribution is -2.23. The van der Waals surface area contributed by atoms with Gasteiger partial charge in [0.1, 0.15) is 35.2 Å². The molecule has 0 unspecified atom stereocenters. The van der Waals surface area contributed by atoms with Gasteiger partial charge in [-0.2, -0.15) is 0 Å². The summed E-state index contributed by atoms with van der Waals surface area (Å²) in [5, 5.41) is 1.31. The van der Waals surface area contributed by atoms with Gasteiger partial charge in [0.2, 0.25) is 0 Å². The first kappa shape index (κ1) is 26.5. The maximum absolute atomic E-state index is 13.2. The van der Waals surface area contributed by atoms with Crippen LogP contribution in [-0.2, 0) is 9.47 Å². The number of esters is 1. The van der Waals surface area contributed by atoms with Gasteiger partial charge in [0.15, 0.2) is 6.79 Å². The van der Waals surface area contributed by atoms with E-state index >= 15 is 0 Å². The quantitative estimate of drug-likeness (QED) is 0.173. The second kappa shape index (κ2) is 11.4. The van der Waals surface area contributed by atoms with Crippen LogP contribution in [0.15, 0.2) is 18.7 Å². The molecular formula is C25H36O7Si. The summed E-state index contributed by atoms with van der Waals surface area (Å²) in [6, 6.07) is 2.72. The Labute approximate surface area is 197 Å². The molecule has 33 heavy (non-hydrogen) atoms. The topological polar surface area (TPSA) is 72.5 Å². The molecule has 0 fully saturated rings. The van der Waals surface area contributed by atoms with Gasteiger partial charge in [-0.3, -0.25) is 0 Å². The lowest BCUT2D eigenvalue weighted by molar-refractivity contribution is 0.0505. The monoisotopic (exact) mass is 476 g/mol. The third-order valence-corrected chi connectivity index (χ3v) is 6.98. The van der Waals surface area contributed by atoms with Crippen LogP contribution >= 0.6 is 0 Å². The average molecular weight is 477 g/mol. The highest BCUT2D eigenvalue weighted by molar-refractivity contribution is 6.76. The van der Waals surface area contributed by atoms with Crippen molar-refractivity contribution in [2.75, 3.05) is 41.3 Å². The molecule has 0 bridgehead atoms. The molecule has 0 amide bonds. The van der Waals surface area contributed by atoms with Crippen molar-refractivity contribution in [3.63, 3.8) is 0 Å². The number of carbonyl (C=O) groups excluding carboxylic acids is 1. The Morgan fingerprint density at radius 2 is 1.67 bits per heavy atom. The summed E-state index contributed by atoms with van der Waals surface area (Å²) in [4.78, 5) is 13.2. The van der Waals surface area contributed by atoms with Gasteiger partial charge >= 0.3 is 5.97 Å². The zero-order chi connectivity index (χ0) is 24.8. The fraction of sp³-hybridized carbons (Fsp3) is 0.480. The summed E-state index contributed by atoms with van der Waals surface area (Å²) >= 11 is 0. The van der Waals surface area contributed by atoms with E-state index in [0.717, 1.165) is 11.6 Å². The van der Waals surface area contributed by atoms with Gasteiger partial charge in [0.25, 0.3) is 0 Å². The van der Waals surface area contributed by atoms with Crippen LogP contribution in [0.2, 0.25) is 25.7 Å². The summed E-state index contributed by atoms with van der Waals surface area (Å²) in [5.41, 5.74) is 1.69. The maximum atomic E-state index is 13.2. The summed E-state index contributed by atoms with van der Waals surface area (Å²) in [6.07, 6.45) is 1.65. The van der Waals surface area contributed by atoms with Crippen molar-refractivity contribution >= 4 is 24.8 Å². The summed E-state index contributed by atoms with van der Waals surface area (Å²) < 4.78 is 34.1. The second-order valence-corrected chi connectivity index (χ2v) is 14.5. The zero-order valence-electron chi connectivity index (χ0n) is 21.0. The molecule has 0 atom stereocenters. The Bertz CT molecular complexity index is 1010. The minimum atomic E-state index is -1.36. The Balaban J connectivity index is 2.80. The number of hydrogen-bond acceptors (Lipinski definition) is 7. The Morgan fingerprint density at radius 1 is 1.00 bits per heavy atom. The molecule has 182 valence electrons. The highest BCUT2D eigenvalue weighted by Gasteiger charge is 2.29. The molecule has 0 aliphatic carbocycles. The minimum Gasteiger partial charge on any atom is -0.496 e. The number of rotatable bonds is 12. The van der Waals surface area contributed by atoms with Crippen LogP contribution in [-0.4, -0.2) is 55.4 Å². The molecule has 0 aliphatic rings. The predicted molar refractivity (Wildman–Crippen MR) is 133 cm³/mol. The van der Waals surface area contributed by atoms with E-state index in [9.17, 15) is 4.79 Å². The molecule has 0 N–H and O–H groups in total. The molecule has 0 saturated carbocycles. The van der Waals surface area contributed by atoms with Crippen LogP contribution in [0.25, 0.3) is 10.8 Å². The molecule has 0 aliphatic heterocycles. The molecule has 0 saturated heterocycles. The number of benzene rings is 2. The van der Waals surface area contributed by atoms with Gasteiger partial charge in [-0.1, -0.05) is 32.3 Å². The van der Waals surface area contributed by atoms with E-state index in [2.05, 4.69) is 26.2 Å². The lowest BCUT2D eigenvalue weighted by atomic mass is 9.95. The van der Waals surface area contributed by atoms with E-state index < -0.39 is 14.0 Å². The largest absolute Gasteiger partial charge is 0.496 e. The van der Waals surface area contributed by atoms with E-state index in [4.69, 9.17) is 28.4 Å². The Morgan fingerprint density at radius 3 is 2.21 bits per heavy atom. The van der Waals surface area contributed by atoms with Crippen molar-refractivity contribution in [3.05, 3.63) is 35.4 Å². The fourth-order valence-corrected chi connectivity index (χ4v) is 4.29. The van der Waals surface area contributed by atoms with Crippen molar-refractivity contribution in [3.8, 4) is 23.0 Å². The van der Waals surface area contributed by atoms with Gasteiger partial charge in [0, 0.05) is 31.7 Å². The van der Waals surface area contributed by atoms with Crippen LogP contribution < -0.4 is 18.9 Å². The highest BCUT2D eigenvalue weighted by Crippen LogP contribution is 2.48. The second-order valence-electron chi connectivity index (χ2n) is 8.92. The van der Waals surface area contributed by atoms with Crippen LogP contribution in [0.3, 0.4) is 0 Å². The van der Waals surface area contributed by atoms with E-state index in [0.29, 0.717) is 51.5 Å². The SMILES string of the molecule is C=CCOc1c(C)c(OCOC)cc2c(OC)c(C)c(C(=O)OCC[Si](C)(C)C)c(OC)c12. The molecular weight excluding hydrogens is 440 g/mol. The lowest BCUT2D eigenvalue weighted by Gasteiger charge is -2.23. The summed E-state index contributed by atoms with van der Waals surface area (Å²) in [5.74, 6) is 1.55. The van der Waals surface area contributed by atoms with Crippen LogP contribution in [0, 0.1) is 13.8 Å². The first-order chi connectivity index (χ1) is 15.6. The molecule has 0 radical (unpaired) electrons. The molecule has 2 aromatic rings. The highest BCUT2D eigenvalue weighted by atomic mass is 28.3. The smallest absolute Gasteiger partial charge is 0.342 e. The van der Waals surface area contributed by atoms with Gasteiger partial charge in [-0.15, -0.1) is 0 Å². The molecule has 8 heteroatoms. The standard InChI is InChI=1S/C25H36O7Si/c1-10-11-30-23-16(2)19(32-15-27-4)14-18-21(23)24(29-6)20(17(3)22(18)28-5)25(26)31-12-13-33(7,8)9/h10,14H,1,11-13,15H2,2-9H3. The number of ether oxygens (including phenoxy) is 6. The molecule has 0 heterocycles. The Hall–Kier alpha value is -2.71. The van der Waals surface area contributed by atoms with Gasteiger partial charge < -0.3 is 28.4 Å². The van der Waals surface area contributed by atoms with Gasteiger partial charge in [-0.25, -0.2) is 4.79 Å². The van der Waals surface area contributed by atoms with Crippen molar-refractivity contribution in [1.82, 2.24) is 0 Å². The van der Waals surface area contributed by atoms with Crippen molar-refractivity contribution in [2.24, 2.45) is 0 Å². The third kappa shape index (κ3) is 6.00.